The van der Waals surface area contributed by atoms with Crippen LogP contribution >= 0.6 is 0 Å². The molecule has 0 saturated heterocycles. The van der Waals surface area contributed by atoms with Gasteiger partial charge in [0.25, 0.3) is 0 Å². The number of ether oxygens (including phenoxy) is 1. The summed E-state index contributed by atoms with van der Waals surface area (Å²) in [4.78, 5) is 4.30. The van der Waals surface area contributed by atoms with Crippen LogP contribution in [0, 0.1) is 0 Å². The summed E-state index contributed by atoms with van der Waals surface area (Å²) in [5, 5.41) is 10.1. The summed E-state index contributed by atoms with van der Waals surface area (Å²) in [7, 11) is 0. The molecule has 0 unspecified atom stereocenters. The van der Waals surface area contributed by atoms with Gasteiger partial charge in [-0.15, -0.1) is 0 Å². The number of fused-ring (bicyclic) bond motifs is 1. The molecule has 0 bridgehead atoms. The van der Waals surface area contributed by atoms with Crippen LogP contribution in [0.15, 0.2) is 54.9 Å². The Bertz CT molecular complexity index is 739. The van der Waals surface area contributed by atoms with Crippen LogP contribution in [0.5, 0.6) is 5.75 Å². The average Bonchev–Trinajstić information content (AvgIpc) is 2.89. The van der Waals surface area contributed by atoms with Crippen molar-refractivity contribution < 1.29 is 9.84 Å². The molecule has 0 aliphatic carbocycles. The fourth-order valence-corrected chi connectivity index (χ4v) is 2.23. The van der Waals surface area contributed by atoms with Gasteiger partial charge >= 0.3 is 0 Å². The lowest BCUT2D eigenvalue weighted by Gasteiger charge is -2.13. The number of benzene rings is 2. The summed E-state index contributed by atoms with van der Waals surface area (Å²) in [6.07, 6.45) is 1.11. The fourth-order valence-electron chi connectivity index (χ4n) is 2.23. The van der Waals surface area contributed by atoms with E-state index in [1.807, 2.05) is 41.0 Å². The van der Waals surface area contributed by atoms with Crippen molar-refractivity contribution in [2.75, 3.05) is 12.3 Å². The van der Waals surface area contributed by atoms with Crippen molar-refractivity contribution in [3.05, 3.63) is 54.9 Å². The normalized spacial score (nSPS) is 12.4. The zero-order chi connectivity index (χ0) is 14.7. The molecule has 0 aliphatic heterocycles. The lowest BCUT2D eigenvalue weighted by Crippen LogP contribution is -2.23. The van der Waals surface area contributed by atoms with E-state index in [1.165, 1.54) is 0 Å². The first-order valence-corrected chi connectivity index (χ1v) is 6.78. The lowest BCUT2D eigenvalue weighted by molar-refractivity contribution is 0.0934. The van der Waals surface area contributed by atoms with Crippen LogP contribution in [-0.4, -0.2) is 27.4 Å². The molecule has 5 nitrogen and oxygen atoms in total. The molecule has 3 rings (SSSR count). The highest BCUT2D eigenvalue weighted by atomic mass is 16.5. The van der Waals surface area contributed by atoms with Gasteiger partial charge in [-0.1, -0.05) is 18.2 Å². The number of imidazole rings is 1. The summed E-state index contributed by atoms with van der Waals surface area (Å²) < 4.78 is 7.47. The van der Waals surface area contributed by atoms with Gasteiger partial charge in [0.05, 0.1) is 23.9 Å². The first-order chi connectivity index (χ1) is 10.2. The fraction of sp³-hybridized carbons (Fsp3) is 0.188. The van der Waals surface area contributed by atoms with E-state index in [0.717, 1.165) is 11.0 Å². The molecule has 0 saturated carbocycles. The maximum Gasteiger partial charge on any atom is 0.121 e. The molecule has 1 aromatic heterocycles. The summed E-state index contributed by atoms with van der Waals surface area (Å²) >= 11 is 0. The molecule has 0 fully saturated rings. The molecule has 0 spiro atoms. The van der Waals surface area contributed by atoms with E-state index in [0.29, 0.717) is 18.0 Å². The van der Waals surface area contributed by atoms with Crippen LogP contribution in [-0.2, 0) is 6.54 Å². The minimum absolute atomic E-state index is 0.204. The number of rotatable bonds is 5. The van der Waals surface area contributed by atoms with Crippen LogP contribution in [0.2, 0.25) is 0 Å². The molecular formula is C16H17N3O2. The van der Waals surface area contributed by atoms with Gasteiger partial charge < -0.3 is 20.1 Å². The number of nitrogens with zero attached hydrogens (tertiary/aromatic N) is 2. The Morgan fingerprint density at radius 3 is 2.90 bits per heavy atom. The van der Waals surface area contributed by atoms with E-state index in [1.54, 1.807) is 18.5 Å². The van der Waals surface area contributed by atoms with Crippen LogP contribution in [0.3, 0.4) is 0 Å². The number of aromatic nitrogens is 2. The number of aliphatic hydroxyl groups is 1. The monoisotopic (exact) mass is 283 g/mol. The van der Waals surface area contributed by atoms with Gasteiger partial charge in [-0.2, -0.15) is 0 Å². The second kappa shape index (κ2) is 5.85. The molecule has 1 heterocycles. The summed E-state index contributed by atoms with van der Waals surface area (Å²) in [5.41, 5.74) is 8.24. The zero-order valence-corrected chi connectivity index (χ0v) is 11.5. The SMILES string of the molecule is Nc1cccc(OC[C@@H](O)Cn2cnc3ccccc32)c1. The van der Waals surface area contributed by atoms with Crippen molar-refractivity contribution in [2.45, 2.75) is 12.6 Å². The molecule has 2 aromatic carbocycles. The molecule has 0 radical (unpaired) electrons. The Kier molecular flexibility index (Phi) is 3.75. The molecule has 21 heavy (non-hydrogen) atoms. The molecular weight excluding hydrogens is 266 g/mol. The van der Waals surface area contributed by atoms with Crippen molar-refractivity contribution in [1.29, 1.82) is 0 Å². The number of nitrogen functional groups attached to an aromatic ring is 1. The highest BCUT2D eigenvalue weighted by molar-refractivity contribution is 5.74. The third-order valence-electron chi connectivity index (χ3n) is 3.24. The highest BCUT2D eigenvalue weighted by Crippen LogP contribution is 2.15. The van der Waals surface area contributed by atoms with Gasteiger partial charge in [0, 0.05) is 11.8 Å². The predicted octanol–water partition coefficient (Wildman–Crippen LogP) is 2.06. The quantitative estimate of drug-likeness (QED) is 0.703. The van der Waals surface area contributed by atoms with E-state index in [4.69, 9.17) is 10.5 Å². The maximum absolute atomic E-state index is 10.1. The Morgan fingerprint density at radius 1 is 1.19 bits per heavy atom. The number of hydrogen-bond donors (Lipinski definition) is 2. The van der Waals surface area contributed by atoms with Crippen molar-refractivity contribution in [2.24, 2.45) is 0 Å². The summed E-state index contributed by atoms with van der Waals surface area (Å²) in [5.74, 6) is 0.657. The third kappa shape index (κ3) is 3.14. The number of nitrogens with two attached hydrogens (primary N) is 1. The van der Waals surface area contributed by atoms with Crippen LogP contribution in [0.1, 0.15) is 0 Å². The minimum atomic E-state index is -0.621. The highest BCUT2D eigenvalue weighted by Gasteiger charge is 2.09. The standard InChI is InChI=1S/C16H17N3O2/c17-12-4-3-5-14(8-12)21-10-13(20)9-19-11-18-15-6-1-2-7-16(15)19/h1-8,11,13,20H,9-10,17H2/t13-/m0/s1. The zero-order valence-electron chi connectivity index (χ0n) is 11.5. The summed E-state index contributed by atoms with van der Waals surface area (Å²) in [6, 6.07) is 15.0. The van der Waals surface area contributed by atoms with Crippen LogP contribution in [0.25, 0.3) is 11.0 Å². The van der Waals surface area contributed by atoms with Crippen molar-refractivity contribution in [3.8, 4) is 5.75 Å². The summed E-state index contributed by atoms with van der Waals surface area (Å²) in [6.45, 7) is 0.638. The Morgan fingerprint density at radius 2 is 2.05 bits per heavy atom. The number of anilines is 1. The topological polar surface area (TPSA) is 73.3 Å². The molecule has 3 N–H and O–H groups in total. The minimum Gasteiger partial charge on any atom is -0.491 e. The van der Waals surface area contributed by atoms with Crippen LogP contribution in [0.4, 0.5) is 5.69 Å². The van der Waals surface area contributed by atoms with Gasteiger partial charge in [0.15, 0.2) is 0 Å². The van der Waals surface area contributed by atoms with Gasteiger partial charge in [-0.25, -0.2) is 4.98 Å². The Labute approximate surface area is 122 Å². The molecule has 5 heteroatoms. The van der Waals surface area contributed by atoms with Crippen LogP contribution < -0.4 is 10.5 Å². The van der Waals surface area contributed by atoms with Crippen molar-refractivity contribution in [1.82, 2.24) is 9.55 Å². The molecule has 0 amide bonds. The van der Waals surface area contributed by atoms with E-state index >= 15 is 0 Å². The van der Waals surface area contributed by atoms with Gasteiger partial charge in [-0.05, 0) is 24.3 Å². The second-order valence-corrected chi connectivity index (χ2v) is 4.92. The average molecular weight is 283 g/mol. The van der Waals surface area contributed by atoms with E-state index in [-0.39, 0.29) is 6.61 Å². The molecule has 3 aromatic rings. The maximum atomic E-state index is 10.1. The van der Waals surface area contributed by atoms with Gasteiger partial charge in [0.2, 0.25) is 0 Å². The lowest BCUT2D eigenvalue weighted by atomic mass is 10.3. The number of hydrogen-bond acceptors (Lipinski definition) is 4. The predicted molar refractivity (Wildman–Crippen MR) is 82.1 cm³/mol. The molecule has 1 atom stereocenters. The Hall–Kier alpha value is -2.53. The van der Waals surface area contributed by atoms with Gasteiger partial charge in [-0.3, -0.25) is 0 Å². The van der Waals surface area contributed by atoms with E-state index in [2.05, 4.69) is 4.98 Å². The first kappa shape index (κ1) is 13.5. The number of aliphatic hydroxyl groups excluding tert-OH is 1. The smallest absolute Gasteiger partial charge is 0.121 e. The molecule has 0 aliphatic rings. The van der Waals surface area contributed by atoms with Crippen molar-refractivity contribution >= 4 is 16.7 Å². The number of para-hydroxylation sites is 2. The van der Waals surface area contributed by atoms with Crippen molar-refractivity contribution in [3.63, 3.8) is 0 Å². The molecule has 108 valence electrons. The second-order valence-electron chi connectivity index (χ2n) is 4.92. The first-order valence-electron chi connectivity index (χ1n) is 6.78. The van der Waals surface area contributed by atoms with Gasteiger partial charge in [0.1, 0.15) is 18.5 Å². The van der Waals surface area contributed by atoms with E-state index in [9.17, 15) is 5.11 Å². The van der Waals surface area contributed by atoms with E-state index < -0.39 is 6.10 Å². The third-order valence-corrected chi connectivity index (χ3v) is 3.24. The largest absolute Gasteiger partial charge is 0.491 e. The Balaban J connectivity index is 1.62.